The maximum absolute atomic E-state index is 11.8. The highest BCUT2D eigenvalue weighted by Crippen LogP contribution is 2.29. The summed E-state index contributed by atoms with van der Waals surface area (Å²) in [6, 6.07) is 9.60. The molecule has 0 unspecified atom stereocenters. The Morgan fingerprint density at radius 1 is 1.26 bits per heavy atom. The Balaban J connectivity index is 1.96. The van der Waals surface area contributed by atoms with Crippen LogP contribution in [0.2, 0.25) is 0 Å². The number of nitrogens with zero attached hydrogens (tertiary/aromatic N) is 3. The molecule has 1 aliphatic heterocycles. The van der Waals surface area contributed by atoms with Gasteiger partial charge in [-0.25, -0.2) is 4.68 Å². The first-order chi connectivity index (χ1) is 11.1. The molecule has 0 spiro atoms. The van der Waals surface area contributed by atoms with Crippen molar-refractivity contribution < 1.29 is 9.59 Å². The van der Waals surface area contributed by atoms with Crippen LogP contribution >= 0.6 is 0 Å². The Kier molecular flexibility index (Phi) is 4.14. The zero-order chi connectivity index (χ0) is 16.4. The van der Waals surface area contributed by atoms with E-state index in [0.717, 1.165) is 25.1 Å². The highest BCUT2D eigenvalue weighted by atomic mass is 16.2. The van der Waals surface area contributed by atoms with Crippen molar-refractivity contribution in [2.45, 2.75) is 25.7 Å². The van der Waals surface area contributed by atoms with Crippen molar-refractivity contribution in [1.82, 2.24) is 14.7 Å². The Morgan fingerprint density at radius 3 is 2.65 bits per heavy atom. The molecule has 3 rings (SSSR count). The first-order valence-corrected chi connectivity index (χ1v) is 7.76. The summed E-state index contributed by atoms with van der Waals surface area (Å²) in [5.41, 5.74) is 7.53. The number of rotatable bonds is 3. The number of nitrogens with two attached hydrogens (primary N) is 1. The van der Waals surface area contributed by atoms with Crippen LogP contribution < -0.4 is 5.73 Å². The lowest BCUT2D eigenvalue weighted by Gasteiger charge is -2.31. The number of hydrogen-bond acceptors (Lipinski definition) is 3. The van der Waals surface area contributed by atoms with Crippen molar-refractivity contribution in [1.29, 1.82) is 0 Å². The number of benzene rings is 1. The Bertz CT molecular complexity index is 723. The molecule has 0 bridgehead atoms. The third-order valence-electron chi connectivity index (χ3n) is 4.28. The summed E-state index contributed by atoms with van der Waals surface area (Å²) in [5, 5.41) is 4.60. The summed E-state index contributed by atoms with van der Waals surface area (Å²) >= 11 is 0. The molecule has 0 saturated carbocycles. The van der Waals surface area contributed by atoms with Gasteiger partial charge in [-0.3, -0.25) is 9.59 Å². The summed E-state index contributed by atoms with van der Waals surface area (Å²) in [6.45, 7) is 2.92. The Labute approximate surface area is 134 Å². The summed E-state index contributed by atoms with van der Waals surface area (Å²) in [4.78, 5) is 25.2. The van der Waals surface area contributed by atoms with Gasteiger partial charge in [-0.15, -0.1) is 0 Å². The molecule has 2 N–H and O–H groups in total. The SMILES string of the molecule is CC(=O)N1CCC[C@H](c2nn(-c3ccccc3)cc2C(N)=O)C1. The molecule has 2 amide bonds. The van der Waals surface area contributed by atoms with Gasteiger partial charge in [-0.05, 0) is 25.0 Å². The molecule has 2 heterocycles. The van der Waals surface area contributed by atoms with E-state index in [1.165, 1.54) is 0 Å². The minimum Gasteiger partial charge on any atom is -0.365 e. The van der Waals surface area contributed by atoms with E-state index in [4.69, 9.17) is 5.73 Å². The lowest BCUT2D eigenvalue weighted by Crippen LogP contribution is -2.38. The molecular weight excluding hydrogens is 292 g/mol. The summed E-state index contributed by atoms with van der Waals surface area (Å²) < 4.78 is 1.68. The molecule has 1 fully saturated rings. The maximum atomic E-state index is 11.8. The van der Waals surface area contributed by atoms with Crippen LogP contribution in [0.15, 0.2) is 36.5 Å². The van der Waals surface area contributed by atoms with Gasteiger partial charge in [0.25, 0.3) is 5.91 Å². The van der Waals surface area contributed by atoms with Crippen molar-refractivity contribution >= 4 is 11.8 Å². The normalized spacial score (nSPS) is 18.0. The summed E-state index contributed by atoms with van der Waals surface area (Å²) in [6.07, 6.45) is 3.48. The molecule has 1 aromatic carbocycles. The standard InChI is InChI=1S/C17H20N4O2/c1-12(22)20-9-5-6-13(10-20)16-15(17(18)23)11-21(19-16)14-7-3-2-4-8-14/h2-4,7-8,11,13H,5-6,9-10H2,1H3,(H2,18,23)/t13-/m0/s1. The van der Waals surface area contributed by atoms with E-state index in [0.29, 0.717) is 17.8 Å². The molecule has 1 saturated heterocycles. The second kappa shape index (κ2) is 6.24. The number of hydrogen-bond donors (Lipinski definition) is 1. The third kappa shape index (κ3) is 3.11. The van der Waals surface area contributed by atoms with Gasteiger partial charge in [0.05, 0.1) is 16.9 Å². The average Bonchev–Trinajstić information content (AvgIpc) is 3.01. The minimum absolute atomic E-state index is 0.0418. The van der Waals surface area contributed by atoms with Crippen LogP contribution in [0.3, 0.4) is 0 Å². The molecule has 120 valence electrons. The van der Waals surface area contributed by atoms with Gasteiger partial charge in [0, 0.05) is 32.1 Å². The fraction of sp³-hybridized carbons (Fsp3) is 0.353. The number of para-hydroxylation sites is 1. The van der Waals surface area contributed by atoms with Crippen LogP contribution in [0.5, 0.6) is 0 Å². The van der Waals surface area contributed by atoms with Gasteiger partial charge in [-0.1, -0.05) is 18.2 Å². The quantitative estimate of drug-likeness (QED) is 0.936. The highest BCUT2D eigenvalue weighted by Gasteiger charge is 2.28. The Morgan fingerprint density at radius 2 is 2.00 bits per heavy atom. The number of primary amides is 1. The van der Waals surface area contributed by atoms with E-state index in [9.17, 15) is 9.59 Å². The van der Waals surface area contributed by atoms with Gasteiger partial charge in [0.1, 0.15) is 0 Å². The van der Waals surface area contributed by atoms with Crippen LogP contribution in [0.1, 0.15) is 41.7 Å². The van der Waals surface area contributed by atoms with Gasteiger partial charge in [0.15, 0.2) is 0 Å². The first kappa shape index (κ1) is 15.3. The highest BCUT2D eigenvalue weighted by molar-refractivity contribution is 5.94. The molecule has 1 aromatic heterocycles. The minimum atomic E-state index is -0.484. The van der Waals surface area contributed by atoms with Crippen molar-refractivity contribution in [3.63, 3.8) is 0 Å². The largest absolute Gasteiger partial charge is 0.365 e. The van der Waals surface area contributed by atoms with Crippen molar-refractivity contribution in [2.24, 2.45) is 5.73 Å². The fourth-order valence-electron chi connectivity index (χ4n) is 3.08. The molecule has 2 aromatic rings. The lowest BCUT2D eigenvalue weighted by molar-refractivity contribution is -0.130. The number of likely N-dealkylation sites (tertiary alicyclic amines) is 1. The van der Waals surface area contributed by atoms with E-state index in [1.807, 2.05) is 30.3 Å². The average molecular weight is 312 g/mol. The lowest BCUT2D eigenvalue weighted by atomic mass is 9.92. The van der Waals surface area contributed by atoms with E-state index < -0.39 is 5.91 Å². The number of piperidine rings is 1. The molecule has 6 heteroatoms. The number of carbonyl (C=O) groups is 2. The molecule has 0 radical (unpaired) electrons. The zero-order valence-corrected chi connectivity index (χ0v) is 13.1. The second-order valence-electron chi connectivity index (χ2n) is 5.88. The fourth-order valence-corrected chi connectivity index (χ4v) is 3.08. The van der Waals surface area contributed by atoms with Crippen LogP contribution in [-0.4, -0.2) is 39.6 Å². The van der Waals surface area contributed by atoms with Crippen molar-refractivity contribution in [3.8, 4) is 5.69 Å². The summed E-state index contributed by atoms with van der Waals surface area (Å²) in [7, 11) is 0. The van der Waals surface area contributed by atoms with Crippen LogP contribution in [0.4, 0.5) is 0 Å². The van der Waals surface area contributed by atoms with Crippen molar-refractivity contribution in [3.05, 3.63) is 47.8 Å². The Hall–Kier alpha value is -2.63. The van der Waals surface area contributed by atoms with Crippen LogP contribution in [0.25, 0.3) is 5.69 Å². The number of carbonyl (C=O) groups excluding carboxylic acids is 2. The molecule has 0 aliphatic carbocycles. The van der Waals surface area contributed by atoms with E-state index >= 15 is 0 Å². The molecule has 1 atom stereocenters. The van der Waals surface area contributed by atoms with Gasteiger partial charge >= 0.3 is 0 Å². The number of amides is 2. The zero-order valence-electron chi connectivity index (χ0n) is 13.1. The predicted molar refractivity (Wildman–Crippen MR) is 86.3 cm³/mol. The monoisotopic (exact) mass is 312 g/mol. The van der Waals surface area contributed by atoms with Crippen molar-refractivity contribution in [2.75, 3.05) is 13.1 Å². The molecule has 1 aliphatic rings. The van der Waals surface area contributed by atoms with Crippen LogP contribution in [-0.2, 0) is 4.79 Å². The van der Waals surface area contributed by atoms with Gasteiger partial charge in [-0.2, -0.15) is 5.10 Å². The predicted octanol–water partition coefficient (Wildman–Crippen LogP) is 1.70. The van der Waals surface area contributed by atoms with Crippen LogP contribution in [0, 0.1) is 0 Å². The molecule has 6 nitrogen and oxygen atoms in total. The van der Waals surface area contributed by atoms with E-state index in [2.05, 4.69) is 5.10 Å². The smallest absolute Gasteiger partial charge is 0.252 e. The van der Waals surface area contributed by atoms with E-state index in [1.54, 1.807) is 22.7 Å². The van der Waals surface area contributed by atoms with Gasteiger partial charge < -0.3 is 10.6 Å². The second-order valence-corrected chi connectivity index (χ2v) is 5.88. The van der Waals surface area contributed by atoms with Gasteiger partial charge in [0.2, 0.25) is 5.91 Å². The first-order valence-electron chi connectivity index (χ1n) is 7.76. The maximum Gasteiger partial charge on any atom is 0.252 e. The molecule has 23 heavy (non-hydrogen) atoms. The third-order valence-corrected chi connectivity index (χ3v) is 4.28. The topological polar surface area (TPSA) is 81.2 Å². The van der Waals surface area contributed by atoms with E-state index in [-0.39, 0.29) is 11.8 Å². The molecular formula is C17H20N4O2. The number of aromatic nitrogens is 2. The summed E-state index contributed by atoms with van der Waals surface area (Å²) in [5.74, 6) is -0.389.